The molecule has 2 saturated carbocycles. The lowest BCUT2D eigenvalue weighted by atomic mass is 9.63. The van der Waals surface area contributed by atoms with E-state index in [1.165, 1.54) is 19.3 Å². The molecule has 2 fully saturated rings. The van der Waals surface area contributed by atoms with Gasteiger partial charge < -0.3 is 10.3 Å². The molecular weight excluding hydrogens is 226 g/mol. The Morgan fingerprint density at radius 1 is 1.44 bits per heavy atom. The minimum atomic E-state index is -0.0797. The van der Waals surface area contributed by atoms with E-state index in [-0.39, 0.29) is 6.10 Å². The predicted molar refractivity (Wildman–Crippen MR) is 73.6 cm³/mol. The smallest absolute Gasteiger partial charge is 0.150 e. The highest BCUT2D eigenvalue weighted by atomic mass is 16.5. The van der Waals surface area contributed by atoms with Gasteiger partial charge >= 0.3 is 0 Å². The Hall–Kier alpha value is -0.570. The minimum absolute atomic E-state index is 0.0797. The molecule has 0 aromatic heterocycles. The molecule has 0 amide bonds. The quantitative estimate of drug-likeness (QED) is 0.364. The number of rotatable bonds is 3. The molecule has 2 aliphatic rings. The first-order chi connectivity index (χ1) is 8.45. The van der Waals surface area contributed by atoms with Gasteiger partial charge in [-0.1, -0.05) is 20.3 Å². The van der Waals surface area contributed by atoms with E-state index in [2.05, 4.69) is 13.8 Å². The monoisotopic (exact) mass is 253 g/mol. The fourth-order valence-corrected chi connectivity index (χ4v) is 4.31. The van der Waals surface area contributed by atoms with Crippen LogP contribution in [0, 0.1) is 28.4 Å². The zero-order chi connectivity index (χ0) is 13.3. The molecule has 1 N–H and O–H groups in total. The zero-order valence-corrected chi connectivity index (χ0v) is 11.9. The summed E-state index contributed by atoms with van der Waals surface area (Å²) in [5, 5.41) is 21.2. The van der Waals surface area contributed by atoms with E-state index in [1.807, 2.05) is 0 Å². The third kappa shape index (κ3) is 2.42. The van der Waals surface area contributed by atoms with Crippen LogP contribution in [0.3, 0.4) is 0 Å². The van der Waals surface area contributed by atoms with E-state index in [0.29, 0.717) is 23.2 Å². The van der Waals surface area contributed by atoms with Gasteiger partial charge in [0.1, 0.15) is 7.05 Å². The van der Waals surface area contributed by atoms with E-state index >= 15 is 0 Å². The normalized spacial score (nSPS) is 42.7. The fourth-order valence-electron chi connectivity index (χ4n) is 4.31. The third-order valence-electron chi connectivity index (χ3n) is 5.73. The molecule has 104 valence electrons. The van der Waals surface area contributed by atoms with Crippen LogP contribution in [0.4, 0.5) is 0 Å². The van der Waals surface area contributed by atoms with Crippen molar-refractivity contribution >= 4 is 6.21 Å². The van der Waals surface area contributed by atoms with Gasteiger partial charge in [0.05, 0.1) is 6.10 Å². The van der Waals surface area contributed by atoms with E-state index in [0.717, 1.165) is 24.0 Å². The SMILES string of the molecule is CC(C/C=[N+](/C)[O-])[C@@]1(C)CC[C@H]2[C@@H](O)CCC[C@@H]21. The first kappa shape index (κ1) is 13.9. The summed E-state index contributed by atoms with van der Waals surface area (Å²) < 4.78 is 0.919. The van der Waals surface area contributed by atoms with Gasteiger partial charge in [0, 0.05) is 6.42 Å². The maximum absolute atomic E-state index is 11.0. The number of hydroxylamine groups is 1. The number of aliphatic hydroxyl groups is 1. The van der Waals surface area contributed by atoms with Gasteiger partial charge in [0.15, 0.2) is 6.21 Å². The number of aliphatic hydroxyl groups excluding tert-OH is 1. The van der Waals surface area contributed by atoms with Crippen LogP contribution in [0.5, 0.6) is 0 Å². The first-order valence-corrected chi connectivity index (χ1v) is 7.36. The van der Waals surface area contributed by atoms with E-state index in [4.69, 9.17) is 0 Å². The lowest BCUT2D eigenvalue weighted by Crippen LogP contribution is -2.38. The first-order valence-electron chi connectivity index (χ1n) is 7.36. The number of hydrogen-bond donors (Lipinski definition) is 1. The van der Waals surface area contributed by atoms with Gasteiger partial charge in [-0.05, 0) is 48.9 Å². The molecule has 1 unspecified atom stereocenters. The second-order valence-corrected chi connectivity index (χ2v) is 6.68. The molecule has 0 aromatic carbocycles. The molecular formula is C15H27NO2. The molecule has 0 saturated heterocycles. The lowest BCUT2D eigenvalue weighted by molar-refractivity contribution is -0.419. The van der Waals surface area contributed by atoms with Crippen LogP contribution in [-0.4, -0.2) is 29.2 Å². The van der Waals surface area contributed by atoms with Crippen molar-refractivity contribution in [2.75, 3.05) is 7.05 Å². The van der Waals surface area contributed by atoms with Gasteiger partial charge in [-0.2, -0.15) is 0 Å². The van der Waals surface area contributed by atoms with Crippen molar-refractivity contribution in [3.8, 4) is 0 Å². The summed E-state index contributed by atoms with van der Waals surface area (Å²) in [7, 11) is 1.55. The van der Waals surface area contributed by atoms with E-state index < -0.39 is 0 Å². The molecule has 0 aromatic rings. The van der Waals surface area contributed by atoms with Crippen LogP contribution >= 0.6 is 0 Å². The third-order valence-corrected chi connectivity index (χ3v) is 5.73. The molecule has 2 aliphatic carbocycles. The summed E-state index contributed by atoms with van der Waals surface area (Å²) in [6.45, 7) is 4.64. The fraction of sp³-hybridized carbons (Fsp3) is 0.933. The summed E-state index contributed by atoms with van der Waals surface area (Å²) in [5.41, 5.74) is 0.304. The number of nitrogens with zero attached hydrogens (tertiary/aromatic N) is 1. The summed E-state index contributed by atoms with van der Waals surface area (Å²) in [6, 6.07) is 0. The van der Waals surface area contributed by atoms with Crippen molar-refractivity contribution < 1.29 is 9.85 Å². The van der Waals surface area contributed by atoms with E-state index in [1.54, 1.807) is 13.3 Å². The molecule has 0 radical (unpaired) electrons. The summed E-state index contributed by atoms with van der Waals surface area (Å²) in [4.78, 5) is 0. The highest BCUT2D eigenvalue weighted by Crippen LogP contribution is 2.57. The summed E-state index contributed by atoms with van der Waals surface area (Å²) >= 11 is 0. The van der Waals surface area contributed by atoms with Crippen molar-refractivity contribution in [2.45, 2.75) is 58.5 Å². The Labute approximate surface area is 110 Å². The van der Waals surface area contributed by atoms with Crippen molar-refractivity contribution in [3.63, 3.8) is 0 Å². The molecule has 0 spiro atoms. The van der Waals surface area contributed by atoms with Gasteiger partial charge in [-0.3, -0.25) is 0 Å². The van der Waals surface area contributed by atoms with Gasteiger partial charge in [-0.25, -0.2) is 4.74 Å². The number of fused-ring (bicyclic) bond motifs is 1. The van der Waals surface area contributed by atoms with Crippen LogP contribution in [-0.2, 0) is 0 Å². The largest absolute Gasteiger partial charge is 0.624 e. The second kappa shape index (κ2) is 5.20. The van der Waals surface area contributed by atoms with Gasteiger partial charge in [0.2, 0.25) is 0 Å². The van der Waals surface area contributed by atoms with Crippen LogP contribution in [0.15, 0.2) is 0 Å². The van der Waals surface area contributed by atoms with Crippen LogP contribution in [0.2, 0.25) is 0 Å². The average molecular weight is 253 g/mol. The zero-order valence-electron chi connectivity index (χ0n) is 11.9. The highest BCUT2D eigenvalue weighted by Gasteiger charge is 2.50. The standard InChI is InChI=1S/C15H27NO2/c1-11(8-10-16(3)18)15(2)9-7-12-13(15)5-4-6-14(12)17/h10-14,17H,4-9H2,1-3H3/b16-10-/t11?,12-,13+,14+,15-/m1/s1. The van der Waals surface area contributed by atoms with Crippen LogP contribution in [0.1, 0.15) is 52.4 Å². The molecule has 3 heteroatoms. The average Bonchev–Trinajstić information content (AvgIpc) is 2.67. The highest BCUT2D eigenvalue weighted by molar-refractivity contribution is 5.51. The Kier molecular flexibility index (Phi) is 4.00. The molecule has 3 nitrogen and oxygen atoms in total. The van der Waals surface area contributed by atoms with Crippen molar-refractivity contribution in [2.24, 2.45) is 23.2 Å². The topological polar surface area (TPSA) is 46.3 Å². The molecule has 0 aliphatic heterocycles. The molecule has 18 heavy (non-hydrogen) atoms. The Morgan fingerprint density at radius 3 is 2.83 bits per heavy atom. The maximum atomic E-state index is 11.0. The van der Waals surface area contributed by atoms with Gasteiger partial charge in [-0.15, -0.1) is 0 Å². The van der Waals surface area contributed by atoms with Crippen molar-refractivity contribution in [1.82, 2.24) is 0 Å². The summed E-state index contributed by atoms with van der Waals surface area (Å²) in [5.74, 6) is 1.69. The molecule has 0 bridgehead atoms. The van der Waals surface area contributed by atoms with E-state index in [9.17, 15) is 10.3 Å². The summed E-state index contributed by atoms with van der Waals surface area (Å²) in [6.07, 6.45) is 8.31. The molecule has 0 heterocycles. The lowest BCUT2D eigenvalue weighted by Gasteiger charge is -2.42. The van der Waals surface area contributed by atoms with Gasteiger partial charge in [0.25, 0.3) is 0 Å². The minimum Gasteiger partial charge on any atom is -0.624 e. The Bertz CT molecular complexity index is 324. The molecule has 5 atom stereocenters. The van der Waals surface area contributed by atoms with Crippen LogP contribution in [0.25, 0.3) is 0 Å². The predicted octanol–water partition coefficient (Wildman–Crippen LogP) is 2.80. The van der Waals surface area contributed by atoms with Crippen molar-refractivity contribution in [1.29, 1.82) is 0 Å². The molecule has 2 rings (SSSR count). The number of hydrogen-bond acceptors (Lipinski definition) is 2. The maximum Gasteiger partial charge on any atom is 0.150 e. The Morgan fingerprint density at radius 2 is 2.17 bits per heavy atom. The van der Waals surface area contributed by atoms with Crippen molar-refractivity contribution in [3.05, 3.63) is 5.21 Å². The second-order valence-electron chi connectivity index (χ2n) is 6.68. The Balaban J connectivity index is 2.08. The van der Waals surface area contributed by atoms with Crippen LogP contribution < -0.4 is 0 Å².